The lowest BCUT2D eigenvalue weighted by Gasteiger charge is -2.35. The van der Waals surface area contributed by atoms with Crippen LogP contribution in [0.15, 0.2) is 41.3 Å². The summed E-state index contributed by atoms with van der Waals surface area (Å²) in [6, 6.07) is 7.95. The van der Waals surface area contributed by atoms with Crippen LogP contribution in [0.2, 0.25) is 5.02 Å². The molecule has 0 unspecified atom stereocenters. The van der Waals surface area contributed by atoms with Gasteiger partial charge in [0.05, 0.1) is 21.8 Å². The highest BCUT2D eigenvalue weighted by atomic mass is 35.5. The Labute approximate surface area is 187 Å². The molecule has 1 aliphatic heterocycles. The van der Waals surface area contributed by atoms with Crippen LogP contribution in [0.3, 0.4) is 0 Å². The van der Waals surface area contributed by atoms with Crippen molar-refractivity contribution in [2.75, 3.05) is 43.4 Å². The number of hydrogen-bond acceptors (Lipinski definition) is 5. The largest absolute Gasteiger partial charge is 0.367 e. The van der Waals surface area contributed by atoms with E-state index in [9.17, 15) is 17.6 Å². The summed E-state index contributed by atoms with van der Waals surface area (Å²) in [6.45, 7) is 6.62. The first-order valence-corrected chi connectivity index (χ1v) is 11.8. The van der Waals surface area contributed by atoms with E-state index in [1.165, 1.54) is 0 Å². The summed E-state index contributed by atoms with van der Waals surface area (Å²) in [5, 5.41) is 3.12. The first-order valence-electron chi connectivity index (χ1n) is 9.93. The number of amides is 1. The zero-order valence-corrected chi connectivity index (χ0v) is 19.2. The van der Waals surface area contributed by atoms with Crippen LogP contribution < -0.4 is 14.9 Å². The van der Waals surface area contributed by atoms with Gasteiger partial charge in [-0.15, -0.1) is 0 Å². The van der Waals surface area contributed by atoms with Crippen LogP contribution in [0.5, 0.6) is 0 Å². The number of carbonyl (C=O) groups is 1. The smallest absolute Gasteiger partial charge is 0.258 e. The molecule has 0 saturated carbocycles. The number of hydrogen-bond donors (Lipinski definition) is 2. The fraction of sp³-hybridized carbons (Fsp3) is 0.381. The van der Waals surface area contributed by atoms with Gasteiger partial charge in [-0.3, -0.25) is 4.79 Å². The molecular weight excluding hydrogens is 443 g/mol. The average molecular weight is 469 g/mol. The Morgan fingerprint density at radius 3 is 2.42 bits per heavy atom. The molecule has 3 rings (SSSR count). The van der Waals surface area contributed by atoms with Gasteiger partial charge in [0.25, 0.3) is 5.91 Å². The van der Waals surface area contributed by atoms with Gasteiger partial charge in [0.15, 0.2) is 0 Å². The highest BCUT2D eigenvalue weighted by Crippen LogP contribution is 2.31. The monoisotopic (exact) mass is 468 g/mol. The van der Waals surface area contributed by atoms with Crippen molar-refractivity contribution in [1.29, 1.82) is 0 Å². The van der Waals surface area contributed by atoms with E-state index in [-0.39, 0.29) is 16.5 Å². The van der Waals surface area contributed by atoms with Crippen LogP contribution >= 0.6 is 11.6 Å². The number of likely N-dealkylation sites (N-methyl/N-ethyl adjacent to an activating group) is 1. The van der Waals surface area contributed by atoms with Crippen molar-refractivity contribution in [3.8, 4) is 0 Å². The standard InChI is InChI=1S/C21H26ClFN4O3S/c1-14(2)25-31(29,30)16-5-6-18(23)17(13-16)21(28)24-19-12-15(22)4-7-20(19)27-10-8-26(3)9-11-27/h4-7,12-14,25H,8-11H2,1-3H3,(H,24,28). The van der Waals surface area contributed by atoms with Crippen molar-refractivity contribution in [2.24, 2.45) is 0 Å². The van der Waals surface area contributed by atoms with Crippen LogP contribution in [0.25, 0.3) is 0 Å². The molecule has 2 N–H and O–H groups in total. The number of piperazine rings is 1. The molecule has 7 nitrogen and oxygen atoms in total. The normalized spacial score (nSPS) is 15.4. The van der Waals surface area contributed by atoms with E-state index in [1.807, 2.05) is 13.1 Å². The predicted octanol–water partition coefficient (Wildman–Crippen LogP) is 3.17. The van der Waals surface area contributed by atoms with Crippen molar-refractivity contribution in [3.05, 3.63) is 52.8 Å². The minimum Gasteiger partial charge on any atom is -0.367 e. The lowest BCUT2D eigenvalue weighted by atomic mass is 10.1. The Morgan fingerprint density at radius 1 is 1.10 bits per heavy atom. The Balaban J connectivity index is 1.90. The Bertz CT molecular complexity index is 1070. The molecule has 0 aromatic heterocycles. The molecule has 31 heavy (non-hydrogen) atoms. The van der Waals surface area contributed by atoms with Crippen molar-refractivity contribution >= 4 is 38.9 Å². The second kappa shape index (κ2) is 9.52. The third-order valence-corrected chi connectivity index (χ3v) is 6.83. The van der Waals surface area contributed by atoms with Crippen LogP contribution in [0.4, 0.5) is 15.8 Å². The summed E-state index contributed by atoms with van der Waals surface area (Å²) in [5.74, 6) is -1.57. The van der Waals surface area contributed by atoms with Gasteiger partial charge in [-0.2, -0.15) is 0 Å². The van der Waals surface area contributed by atoms with E-state index < -0.39 is 21.7 Å². The van der Waals surface area contributed by atoms with Crippen LogP contribution in [0.1, 0.15) is 24.2 Å². The van der Waals surface area contributed by atoms with Crippen LogP contribution in [-0.4, -0.2) is 58.5 Å². The van der Waals surface area contributed by atoms with Gasteiger partial charge in [-0.05, 0) is 57.3 Å². The molecule has 2 aromatic rings. The zero-order chi connectivity index (χ0) is 22.8. The van der Waals surface area contributed by atoms with Crippen LogP contribution in [0, 0.1) is 5.82 Å². The van der Waals surface area contributed by atoms with Gasteiger partial charge in [0.2, 0.25) is 10.0 Å². The van der Waals surface area contributed by atoms with Gasteiger partial charge in [-0.25, -0.2) is 17.5 Å². The van der Waals surface area contributed by atoms with Gasteiger partial charge >= 0.3 is 0 Å². The minimum absolute atomic E-state index is 0.182. The van der Waals surface area contributed by atoms with E-state index in [4.69, 9.17) is 11.6 Å². The first-order chi connectivity index (χ1) is 14.6. The minimum atomic E-state index is -3.87. The van der Waals surface area contributed by atoms with Crippen LogP contribution in [-0.2, 0) is 10.0 Å². The third-order valence-electron chi connectivity index (χ3n) is 4.93. The highest BCUT2D eigenvalue weighted by Gasteiger charge is 2.22. The number of benzene rings is 2. The van der Waals surface area contributed by atoms with Crippen molar-refractivity contribution in [1.82, 2.24) is 9.62 Å². The summed E-state index contributed by atoms with van der Waals surface area (Å²) in [7, 11) is -1.83. The van der Waals surface area contributed by atoms with E-state index in [0.29, 0.717) is 10.7 Å². The molecule has 0 spiro atoms. The number of rotatable bonds is 6. The number of anilines is 2. The van der Waals surface area contributed by atoms with Crippen molar-refractivity contribution in [2.45, 2.75) is 24.8 Å². The van der Waals surface area contributed by atoms with Crippen molar-refractivity contribution < 1.29 is 17.6 Å². The summed E-state index contributed by atoms with van der Waals surface area (Å²) in [5.41, 5.74) is 0.850. The Hall–Kier alpha value is -2.20. The fourth-order valence-corrected chi connectivity index (χ4v) is 4.79. The fourth-order valence-electron chi connectivity index (χ4n) is 3.35. The predicted molar refractivity (Wildman–Crippen MR) is 121 cm³/mol. The number of nitrogens with one attached hydrogen (secondary N) is 2. The maximum absolute atomic E-state index is 14.4. The third kappa shape index (κ3) is 5.74. The maximum Gasteiger partial charge on any atom is 0.258 e. The SMILES string of the molecule is CC(C)NS(=O)(=O)c1ccc(F)c(C(=O)Nc2cc(Cl)ccc2N2CCN(C)CC2)c1. The number of nitrogens with zero attached hydrogens (tertiary/aromatic N) is 2. The lowest BCUT2D eigenvalue weighted by molar-refractivity contribution is 0.102. The first kappa shape index (κ1) is 23.5. The molecule has 168 valence electrons. The summed E-state index contributed by atoms with van der Waals surface area (Å²) in [4.78, 5) is 17.0. The molecule has 1 heterocycles. The Kier molecular flexibility index (Phi) is 7.20. The van der Waals surface area contributed by atoms with E-state index >= 15 is 0 Å². The molecule has 10 heteroatoms. The molecule has 1 amide bonds. The number of halogens is 2. The molecule has 0 radical (unpaired) electrons. The lowest BCUT2D eigenvalue weighted by Crippen LogP contribution is -2.44. The van der Waals surface area contributed by atoms with E-state index in [1.54, 1.807) is 26.0 Å². The quantitative estimate of drug-likeness (QED) is 0.680. The zero-order valence-electron chi connectivity index (χ0n) is 17.7. The summed E-state index contributed by atoms with van der Waals surface area (Å²) < 4.78 is 41.7. The molecule has 1 saturated heterocycles. The topological polar surface area (TPSA) is 81.7 Å². The van der Waals surface area contributed by atoms with Gasteiger partial charge in [0.1, 0.15) is 5.82 Å². The molecule has 0 atom stereocenters. The Morgan fingerprint density at radius 2 is 1.77 bits per heavy atom. The molecule has 1 fully saturated rings. The summed E-state index contributed by atoms with van der Waals surface area (Å²) in [6.07, 6.45) is 0. The molecule has 2 aromatic carbocycles. The summed E-state index contributed by atoms with van der Waals surface area (Å²) >= 11 is 6.13. The molecular formula is C21H26ClFN4O3S. The number of carbonyl (C=O) groups excluding carboxylic acids is 1. The second-order valence-corrected chi connectivity index (χ2v) is 9.97. The average Bonchev–Trinajstić information content (AvgIpc) is 2.68. The number of sulfonamides is 1. The van der Waals surface area contributed by atoms with Crippen molar-refractivity contribution in [3.63, 3.8) is 0 Å². The highest BCUT2D eigenvalue weighted by molar-refractivity contribution is 7.89. The van der Waals surface area contributed by atoms with Gasteiger partial charge in [0, 0.05) is 37.2 Å². The van der Waals surface area contributed by atoms with E-state index in [0.717, 1.165) is 50.1 Å². The molecule has 0 bridgehead atoms. The maximum atomic E-state index is 14.4. The molecule has 1 aliphatic rings. The van der Waals surface area contributed by atoms with E-state index in [2.05, 4.69) is 19.8 Å². The second-order valence-electron chi connectivity index (χ2n) is 7.82. The van der Waals surface area contributed by atoms with Gasteiger partial charge < -0.3 is 15.1 Å². The molecule has 0 aliphatic carbocycles. The van der Waals surface area contributed by atoms with Gasteiger partial charge in [-0.1, -0.05) is 11.6 Å².